The molecule has 1 rings (SSSR count). The molecule has 4 heteroatoms. The molecule has 1 aromatic heterocycles. The molecule has 0 aliphatic carbocycles. The van der Waals surface area contributed by atoms with Crippen molar-refractivity contribution < 1.29 is 0 Å². The number of aromatic nitrogens is 2. The minimum absolute atomic E-state index is 0.0942. The quantitative estimate of drug-likeness (QED) is 0.794. The Bertz CT molecular complexity index is 386. The molecule has 1 heterocycles. The van der Waals surface area contributed by atoms with E-state index in [4.69, 9.17) is 5.73 Å². The van der Waals surface area contributed by atoms with Crippen molar-refractivity contribution in [2.45, 2.75) is 45.4 Å². The van der Waals surface area contributed by atoms with Crippen LogP contribution in [-0.2, 0) is 5.41 Å². The summed E-state index contributed by atoms with van der Waals surface area (Å²) in [5.74, 6) is 0.179. The van der Waals surface area contributed by atoms with Gasteiger partial charge in [-0.3, -0.25) is 9.78 Å². The van der Waals surface area contributed by atoms with E-state index in [1.54, 1.807) is 6.20 Å². The van der Waals surface area contributed by atoms with Crippen LogP contribution in [0.4, 0.5) is 5.95 Å². The highest BCUT2D eigenvalue weighted by atomic mass is 16.1. The van der Waals surface area contributed by atoms with E-state index in [1.807, 2.05) is 0 Å². The second kappa shape index (κ2) is 4.47. The minimum Gasteiger partial charge on any atom is -0.369 e. The number of rotatable bonds is 4. The number of nitrogens with zero attached hydrogens (tertiary/aromatic N) is 1. The zero-order valence-electron chi connectivity index (χ0n) is 9.63. The molecule has 0 fully saturated rings. The number of hydrogen-bond acceptors (Lipinski definition) is 3. The third-order valence-electron chi connectivity index (χ3n) is 3.05. The maximum absolute atomic E-state index is 11.7. The van der Waals surface area contributed by atoms with Gasteiger partial charge in [0.25, 0.3) is 5.56 Å². The summed E-state index contributed by atoms with van der Waals surface area (Å²) >= 11 is 0. The van der Waals surface area contributed by atoms with Gasteiger partial charge in [-0.1, -0.05) is 27.2 Å². The van der Waals surface area contributed by atoms with Crippen molar-refractivity contribution in [3.8, 4) is 0 Å². The van der Waals surface area contributed by atoms with Crippen LogP contribution in [0.25, 0.3) is 0 Å². The van der Waals surface area contributed by atoms with E-state index < -0.39 is 0 Å². The Morgan fingerprint density at radius 1 is 1.53 bits per heavy atom. The topological polar surface area (TPSA) is 71.8 Å². The molecule has 0 aliphatic heterocycles. The van der Waals surface area contributed by atoms with E-state index in [-0.39, 0.29) is 16.9 Å². The standard InChI is InChI=1S/C11H19N3O/c1-4-6-11(3,5-2)8-7-13-10(12)14-9(8)15/h7H,4-6H2,1-3H3,(H3,12,13,14,15). The first kappa shape index (κ1) is 11.8. The number of H-pyrrole nitrogens is 1. The lowest BCUT2D eigenvalue weighted by Crippen LogP contribution is -2.30. The second-order valence-corrected chi connectivity index (χ2v) is 4.18. The molecular formula is C11H19N3O. The summed E-state index contributed by atoms with van der Waals surface area (Å²) in [6, 6.07) is 0. The smallest absolute Gasteiger partial charge is 0.255 e. The molecule has 0 saturated carbocycles. The van der Waals surface area contributed by atoms with Crippen LogP contribution in [0.3, 0.4) is 0 Å². The summed E-state index contributed by atoms with van der Waals surface area (Å²) in [4.78, 5) is 18.3. The Labute approximate surface area is 89.9 Å². The van der Waals surface area contributed by atoms with Crippen LogP contribution in [0.2, 0.25) is 0 Å². The fourth-order valence-corrected chi connectivity index (χ4v) is 1.89. The van der Waals surface area contributed by atoms with Gasteiger partial charge in [-0.25, -0.2) is 4.98 Å². The molecule has 1 unspecified atom stereocenters. The molecule has 3 N–H and O–H groups in total. The molecule has 0 spiro atoms. The molecule has 0 aromatic carbocycles. The summed E-state index contributed by atoms with van der Waals surface area (Å²) < 4.78 is 0. The minimum atomic E-state index is -0.111. The SMILES string of the molecule is CCCC(C)(CC)c1cnc(N)[nH]c1=O. The predicted molar refractivity (Wildman–Crippen MR) is 61.8 cm³/mol. The fraction of sp³-hybridized carbons (Fsp3) is 0.636. The van der Waals surface area contributed by atoms with E-state index in [0.717, 1.165) is 24.8 Å². The summed E-state index contributed by atoms with van der Waals surface area (Å²) in [7, 11) is 0. The molecule has 1 atom stereocenters. The lowest BCUT2D eigenvalue weighted by atomic mass is 9.78. The van der Waals surface area contributed by atoms with Gasteiger partial charge in [0.1, 0.15) is 0 Å². The van der Waals surface area contributed by atoms with E-state index >= 15 is 0 Å². The summed E-state index contributed by atoms with van der Waals surface area (Å²) in [5, 5.41) is 0. The van der Waals surface area contributed by atoms with Crippen molar-refractivity contribution in [1.29, 1.82) is 0 Å². The van der Waals surface area contributed by atoms with Crippen molar-refractivity contribution >= 4 is 5.95 Å². The van der Waals surface area contributed by atoms with E-state index in [0.29, 0.717) is 0 Å². The van der Waals surface area contributed by atoms with Crippen LogP contribution in [0, 0.1) is 0 Å². The largest absolute Gasteiger partial charge is 0.369 e. The average Bonchev–Trinajstić information content (AvgIpc) is 2.17. The first-order valence-electron chi connectivity index (χ1n) is 5.38. The first-order chi connectivity index (χ1) is 7.03. The van der Waals surface area contributed by atoms with Crippen LogP contribution < -0.4 is 11.3 Å². The zero-order valence-corrected chi connectivity index (χ0v) is 9.63. The molecule has 0 aliphatic rings. The van der Waals surface area contributed by atoms with Crippen molar-refractivity contribution in [2.75, 3.05) is 5.73 Å². The molecule has 0 radical (unpaired) electrons. The Balaban J connectivity index is 3.18. The van der Waals surface area contributed by atoms with Gasteiger partial charge in [0.05, 0.1) is 0 Å². The van der Waals surface area contributed by atoms with Crippen molar-refractivity contribution in [3.63, 3.8) is 0 Å². The van der Waals surface area contributed by atoms with Gasteiger partial charge in [-0.05, 0) is 18.3 Å². The van der Waals surface area contributed by atoms with Gasteiger partial charge < -0.3 is 5.73 Å². The summed E-state index contributed by atoms with van der Waals surface area (Å²) in [6.07, 6.45) is 4.56. The van der Waals surface area contributed by atoms with E-state index in [1.165, 1.54) is 0 Å². The molecule has 84 valence electrons. The molecule has 0 amide bonds. The van der Waals surface area contributed by atoms with Crippen LogP contribution >= 0.6 is 0 Å². The highest BCUT2D eigenvalue weighted by molar-refractivity contribution is 5.23. The van der Waals surface area contributed by atoms with E-state index in [9.17, 15) is 4.79 Å². The van der Waals surface area contributed by atoms with E-state index in [2.05, 4.69) is 30.7 Å². The van der Waals surface area contributed by atoms with Crippen molar-refractivity contribution in [2.24, 2.45) is 0 Å². The van der Waals surface area contributed by atoms with Crippen LogP contribution in [0.15, 0.2) is 11.0 Å². The van der Waals surface area contributed by atoms with Crippen molar-refractivity contribution in [3.05, 3.63) is 22.1 Å². The predicted octanol–water partition coefficient (Wildman–Crippen LogP) is 1.82. The molecular weight excluding hydrogens is 190 g/mol. The lowest BCUT2D eigenvalue weighted by molar-refractivity contribution is 0.408. The van der Waals surface area contributed by atoms with Gasteiger partial charge >= 0.3 is 0 Å². The fourth-order valence-electron chi connectivity index (χ4n) is 1.89. The third kappa shape index (κ3) is 2.37. The number of nitrogen functional groups attached to an aromatic ring is 1. The van der Waals surface area contributed by atoms with Crippen LogP contribution in [0.1, 0.15) is 45.6 Å². The van der Waals surface area contributed by atoms with Crippen LogP contribution in [0.5, 0.6) is 0 Å². The maximum Gasteiger partial charge on any atom is 0.255 e. The van der Waals surface area contributed by atoms with Gasteiger partial charge in [-0.2, -0.15) is 0 Å². The normalized spacial score (nSPS) is 14.9. The van der Waals surface area contributed by atoms with Gasteiger partial charge in [0, 0.05) is 11.8 Å². The van der Waals surface area contributed by atoms with Crippen LogP contribution in [-0.4, -0.2) is 9.97 Å². The number of nitrogens with two attached hydrogens (primary N) is 1. The van der Waals surface area contributed by atoms with Gasteiger partial charge in [0.2, 0.25) is 0 Å². The molecule has 0 saturated heterocycles. The maximum atomic E-state index is 11.7. The lowest BCUT2D eigenvalue weighted by Gasteiger charge is -2.26. The molecule has 1 aromatic rings. The number of aromatic amines is 1. The highest BCUT2D eigenvalue weighted by Gasteiger charge is 2.26. The molecule has 15 heavy (non-hydrogen) atoms. The number of hydrogen-bond donors (Lipinski definition) is 2. The van der Waals surface area contributed by atoms with Gasteiger partial charge in [0.15, 0.2) is 5.95 Å². The Morgan fingerprint density at radius 2 is 2.20 bits per heavy atom. The number of nitrogens with one attached hydrogen (secondary N) is 1. The Kier molecular flexibility index (Phi) is 3.50. The third-order valence-corrected chi connectivity index (χ3v) is 3.05. The number of anilines is 1. The highest BCUT2D eigenvalue weighted by Crippen LogP contribution is 2.29. The zero-order chi connectivity index (χ0) is 11.5. The van der Waals surface area contributed by atoms with Crippen molar-refractivity contribution in [1.82, 2.24) is 9.97 Å². The molecule has 0 bridgehead atoms. The second-order valence-electron chi connectivity index (χ2n) is 4.18. The van der Waals surface area contributed by atoms with Gasteiger partial charge in [-0.15, -0.1) is 0 Å². The summed E-state index contributed by atoms with van der Waals surface area (Å²) in [6.45, 7) is 6.30. The monoisotopic (exact) mass is 209 g/mol. The molecule has 4 nitrogen and oxygen atoms in total. The Morgan fingerprint density at radius 3 is 2.67 bits per heavy atom. The first-order valence-corrected chi connectivity index (χ1v) is 5.38. The average molecular weight is 209 g/mol. The summed E-state index contributed by atoms with van der Waals surface area (Å²) in [5.41, 5.74) is 5.95. The Hall–Kier alpha value is -1.32.